The van der Waals surface area contributed by atoms with E-state index in [1.165, 1.54) is 56.1 Å². The molecule has 2 saturated carbocycles. The molecular formula is C27H38N6O. The van der Waals surface area contributed by atoms with Crippen LogP contribution in [0.2, 0.25) is 0 Å². The first-order valence-corrected chi connectivity index (χ1v) is 13.2. The number of tetrazole rings is 1. The fraction of sp³-hybridized carbons (Fsp3) is 0.630. The Hall–Kier alpha value is -2.54. The van der Waals surface area contributed by atoms with Gasteiger partial charge in [0.05, 0.1) is 12.1 Å². The lowest BCUT2D eigenvalue weighted by Crippen LogP contribution is -2.39. The van der Waals surface area contributed by atoms with Crippen LogP contribution in [0, 0.1) is 13.8 Å². The summed E-state index contributed by atoms with van der Waals surface area (Å²) in [5.41, 5.74) is 4.14. The molecule has 3 aromatic rings. The molecule has 0 bridgehead atoms. The maximum Gasteiger partial charge on any atom is 0.252 e. The lowest BCUT2D eigenvalue weighted by atomic mass is 9.95. The number of nitrogens with one attached hydrogen (secondary N) is 1. The van der Waals surface area contributed by atoms with Crippen LogP contribution >= 0.6 is 0 Å². The van der Waals surface area contributed by atoms with Gasteiger partial charge in [0.1, 0.15) is 0 Å². The third-order valence-electron chi connectivity index (χ3n) is 8.06. The van der Waals surface area contributed by atoms with E-state index < -0.39 is 0 Å². The molecule has 0 amide bonds. The highest BCUT2D eigenvalue weighted by Gasteiger charge is 2.34. The van der Waals surface area contributed by atoms with Crippen molar-refractivity contribution in [3.63, 3.8) is 0 Å². The first-order chi connectivity index (χ1) is 16.5. The number of aryl methyl sites for hydroxylation is 2. The highest BCUT2D eigenvalue weighted by atomic mass is 16.1. The third kappa shape index (κ3) is 4.54. The monoisotopic (exact) mass is 462 g/mol. The van der Waals surface area contributed by atoms with Crippen LogP contribution in [0.15, 0.2) is 23.0 Å². The number of H-pyrrole nitrogens is 1. The van der Waals surface area contributed by atoms with E-state index in [9.17, 15) is 4.79 Å². The standard InChI is InChI=1S/C27H38N6O/c1-4-25(26-29-30-31-33(26)22-12-6-5-7-13-22)32(21-10-8-9-11-21)17-20-16-23-19(3)14-18(2)15-24(23)28-27(20)34/h14-16,21-22,25H,4-13,17H2,1-3H3,(H,28,34). The van der Waals surface area contributed by atoms with Gasteiger partial charge in [0, 0.05) is 29.1 Å². The van der Waals surface area contributed by atoms with Crippen molar-refractivity contribution in [2.75, 3.05) is 0 Å². The molecule has 1 unspecified atom stereocenters. The maximum absolute atomic E-state index is 13.2. The molecule has 0 spiro atoms. The van der Waals surface area contributed by atoms with Crippen LogP contribution in [0.5, 0.6) is 0 Å². The molecule has 182 valence electrons. The molecule has 5 rings (SSSR count). The number of aromatic amines is 1. The molecule has 7 nitrogen and oxygen atoms in total. The van der Waals surface area contributed by atoms with Gasteiger partial charge in [0.25, 0.3) is 5.56 Å². The van der Waals surface area contributed by atoms with Crippen LogP contribution in [0.25, 0.3) is 10.9 Å². The minimum atomic E-state index is 0.0159. The van der Waals surface area contributed by atoms with Gasteiger partial charge in [-0.2, -0.15) is 0 Å². The van der Waals surface area contributed by atoms with Crippen LogP contribution in [0.3, 0.4) is 0 Å². The van der Waals surface area contributed by atoms with E-state index in [2.05, 4.69) is 69.1 Å². The molecule has 7 heteroatoms. The largest absolute Gasteiger partial charge is 0.322 e. The van der Waals surface area contributed by atoms with E-state index >= 15 is 0 Å². The van der Waals surface area contributed by atoms with Gasteiger partial charge in [-0.05, 0) is 79.6 Å². The fourth-order valence-corrected chi connectivity index (χ4v) is 6.33. The van der Waals surface area contributed by atoms with Crippen molar-refractivity contribution in [1.29, 1.82) is 0 Å². The molecule has 2 heterocycles. The molecule has 34 heavy (non-hydrogen) atoms. The molecule has 1 N–H and O–H groups in total. The van der Waals surface area contributed by atoms with Crippen molar-refractivity contribution < 1.29 is 0 Å². The van der Waals surface area contributed by atoms with Gasteiger partial charge >= 0.3 is 0 Å². The Morgan fingerprint density at radius 2 is 1.79 bits per heavy atom. The lowest BCUT2D eigenvalue weighted by molar-refractivity contribution is 0.109. The van der Waals surface area contributed by atoms with Crippen molar-refractivity contribution in [3.8, 4) is 0 Å². The van der Waals surface area contributed by atoms with Gasteiger partial charge in [-0.25, -0.2) is 4.68 Å². The summed E-state index contributed by atoms with van der Waals surface area (Å²) in [5.74, 6) is 0.977. The van der Waals surface area contributed by atoms with Crippen molar-refractivity contribution in [1.82, 2.24) is 30.1 Å². The van der Waals surface area contributed by atoms with E-state index in [4.69, 9.17) is 0 Å². The number of aromatic nitrogens is 5. The van der Waals surface area contributed by atoms with E-state index in [1.54, 1.807) is 0 Å². The van der Waals surface area contributed by atoms with Crippen molar-refractivity contribution in [2.45, 2.75) is 110 Å². The van der Waals surface area contributed by atoms with Gasteiger partial charge < -0.3 is 4.98 Å². The highest BCUT2D eigenvalue weighted by Crippen LogP contribution is 2.36. The van der Waals surface area contributed by atoms with Crippen molar-refractivity contribution >= 4 is 10.9 Å². The summed E-state index contributed by atoms with van der Waals surface area (Å²) in [6.45, 7) is 7.05. The van der Waals surface area contributed by atoms with Crippen LogP contribution in [0.4, 0.5) is 0 Å². The smallest absolute Gasteiger partial charge is 0.252 e. The number of hydrogen-bond acceptors (Lipinski definition) is 5. The molecule has 0 aliphatic heterocycles. The summed E-state index contributed by atoms with van der Waals surface area (Å²) in [5, 5.41) is 14.3. The second kappa shape index (κ2) is 9.98. The number of fused-ring (bicyclic) bond motifs is 1. The predicted molar refractivity (Wildman–Crippen MR) is 135 cm³/mol. The van der Waals surface area contributed by atoms with Crippen LogP contribution in [0.1, 0.15) is 106 Å². The van der Waals surface area contributed by atoms with Crippen LogP contribution in [-0.2, 0) is 6.54 Å². The Kier molecular flexibility index (Phi) is 6.82. The summed E-state index contributed by atoms with van der Waals surface area (Å²) in [7, 11) is 0. The molecule has 0 radical (unpaired) electrons. The maximum atomic E-state index is 13.2. The Bertz CT molecular complexity index is 1190. The Morgan fingerprint density at radius 3 is 2.53 bits per heavy atom. The topological polar surface area (TPSA) is 79.7 Å². The summed E-state index contributed by atoms with van der Waals surface area (Å²) in [4.78, 5) is 18.9. The number of benzene rings is 1. The van der Waals surface area contributed by atoms with E-state index in [1.807, 2.05) is 0 Å². The normalized spacial score (nSPS) is 18.8. The Balaban J connectivity index is 1.52. The average molecular weight is 463 g/mol. The molecule has 2 aromatic heterocycles. The van der Waals surface area contributed by atoms with Crippen LogP contribution in [-0.4, -0.2) is 36.1 Å². The second-order valence-corrected chi connectivity index (χ2v) is 10.5. The summed E-state index contributed by atoms with van der Waals surface area (Å²) in [6, 6.07) is 7.32. The third-order valence-corrected chi connectivity index (χ3v) is 8.06. The minimum absolute atomic E-state index is 0.0159. The predicted octanol–water partition coefficient (Wildman–Crippen LogP) is 5.53. The quantitative estimate of drug-likeness (QED) is 0.499. The summed E-state index contributed by atoms with van der Waals surface area (Å²) >= 11 is 0. The summed E-state index contributed by atoms with van der Waals surface area (Å²) < 4.78 is 2.12. The highest BCUT2D eigenvalue weighted by molar-refractivity contribution is 5.83. The first kappa shape index (κ1) is 23.2. The van der Waals surface area contributed by atoms with Gasteiger partial charge in [0.15, 0.2) is 5.82 Å². The molecular weight excluding hydrogens is 424 g/mol. The molecule has 2 aliphatic rings. The van der Waals surface area contributed by atoms with E-state index in [0.717, 1.165) is 41.6 Å². The zero-order valence-electron chi connectivity index (χ0n) is 20.9. The number of nitrogens with zero attached hydrogens (tertiary/aromatic N) is 5. The SMILES string of the molecule is CCC(c1nnnn1C1CCCCC1)N(Cc1cc2c(C)cc(C)cc2[nH]c1=O)C1CCCC1. The van der Waals surface area contributed by atoms with Crippen molar-refractivity contribution in [3.05, 3.63) is 51.1 Å². The van der Waals surface area contributed by atoms with Gasteiger partial charge in [-0.3, -0.25) is 9.69 Å². The minimum Gasteiger partial charge on any atom is -0.322 e. The lowest BCUT2D eigenvalue weighted by Gasteiger charge is -2.36. The van der Waals surface area contributed by atoms with E-state index in [-0.39, 0.29) is 11.6 Å². The number of rotatable bonds is 7. The average Bonchev–Trinajstić information content (AvgIpc) is 3.53. The molecule has 1 atom stereocenters. The molecule has 1 aromatic carbocycles. The van der Waals surface area contributed by atoms with Gasteiger partial charge in [-0.1, -0.05) is 45.1 Å². The Morgan fingerprint density at radius 1 is 1.06 bits per heavy atom. The second-order valence-electron chi connectivity index (χ2n) is 10.5. The first-order valence-electron chi connectivity index (χ1n) is 13.2. The zero-order valence-corrected chi connectivity index (χ0v) is 20.9. The van der Waals surface area contributed by atoms with Crippen molar-refractivity contribution in [2.24, 2.45) is 0 Å². The van der Waals surface area contributed by atoms with Crippen LogP contribution < -0.4 is 5.56 Å². The molecule has 2 fully saturated rings. The zero-order chi connectivity index (χ0) is 23.7. The van der Waals surface area contributed by atoms with E-state index in [0.29, 0.717) is 18.6 Å². The fourth-order valence-electron chi connectivity index (χ4n) is 6.33. The summed E-state index contributed by atoms with van der Waals surface area (Å²) in [6.07, 6.45) is 11.9. The number of pyridine rings is 1. The Labute approximate surface area is 201 Å². The molecule has 0 saturated heterocycles. The van der Waals surface area contributed by atoms with Gasteiger partial charge in [0.2, 0.25) is 0 Å². The molecule has 2 aliphatic carbocycles. The van der Waals surface area contributed by atoms with Gasteiger partial charge in [-0.15, -0.1) is 5.10 Å². The number of hydrogen-bond donors (Lipinski definition) is 1.